The molecular weight excluding hydrogens is 240 g/mol. The summed E-state index contributed by atoms with van der Waals surface area (Å²) in [5.74, 6) is 1.18. The van der Waals surface area contributed by atoms with Crippen molar-refractivity contribution in [3.8, 4) is 0 Å². The second kappa shape index (κ2) is 5.80. The molecule has 2 aliphatic heterocycles. The molecule has 1 N–H and O–H groups in total. The molecule has 1 amide bonds. The van der Waals surface area contributed by atoms with Gasteiger partial charge in [0.2, 0.25) is 5.91 Å². The van der Waals surface area contributed by atoms with Gasteiger partial charge in [0, 0.05) is 6.61 Å². The van der Waals surface area contributed by atoms with E-state index >= 15 is 0 Å². The molecule has 2 rings (SSSR count). The van der Waals surface area contributed by atoms with E-state index in [9.17, 15) is 4.79 Å². The van der Waals surface area contributed by atoms with E-state index in [0.717, 1.165) is 19.4 Å². The Morgan fingerprint density at radius 1 is 1.37 bits per heavy atom. The molecule has 0 radical (unpaired) electrons. The minimum absolute atomic E-state index is 0.0310. The third-order valence-electron chi connectivity index (χ3n) is 4.28. The molecule has 4 unspecified atom stereocenters. The van der Waals surface area contributed by atoms with Crippen molar-refractivity contribution in [2.24, 2.45) is 11.8 Å². The van der Waals surface area contributed by atoms with Gasteiger partial charge in [0.05, 0.1) is 24.4 Å². The molecule has 0 saturated carbocycles. The standard InChI is InChI=1S/C15H28N2O2/c1-9(2)8-13-16-14(10(3)4)15(18)17(13)12-6-7-19-11(12)5/h9-14,16H,6-8H2,1-5H3. The number of nitrogens with one attached hydrogen (secondary N) is 1. The van der Waals surface area contributed by atoms with Crippen LogP contribution in [0, 0.1) is 11.8 Å². The molecule has 0 bridgehead atoms. The summed E-state index contributed by atoms with van der Waals surface area (Å²) in [6.45, 7) is 11.5. The average Bonchev–Trinajstić information content (AvgIpc) is 2.82. The second-order valence-electron chi connectivity index (χ2n) is 6.71. The highest BCUT2D eigenvalue weighted by Gasteiger charge is 2.46. The Morgan fingerprint density at radius 3 is 2.53 bits per heavy atom. The van der Waals surface area contributed by atoms with Crippen LogP contribution in [0.25, 0.3) is 0 Å². The molecular formula is C15H28N2O2. The van der Waals surface area contributed by atoms with E-state index in [4.69, 9.17) is 4.74 Å². The van der Waals surface area contributed by atoms with Crippen molar-refractivity contribution in [1.29, 1.82) is 0 Å². The molecule has 0 aromatic carbocycles. The molecule has 0 aromatic rings. The Labute approximate surface area is 116 Å². The molecule has 0 aromatic heterocycles. The smallest absolute Gasteiger partial charge is 0.241 e. The highest BCUT2D eigenvalue weighted by atomic mass is 16.5. The third-order valence-corrected chi connectivity index (χ3v) is 4.28. The summed E-state index contributed by atoms with van der Waals surface area (Å²) in [7, 11) is 0. The summed E-state index contributed by atoms with van der Waals surface area (Å²) in [5, 5.41) is 3.54. The minimum atomic E-state index is -0.0310. The predicted octanol–water partition coefficient (Wildman–Crippen LogP) is 1.99. The molecule has 0 aliphatic carbocycles. The molecule has 2 saturated heterocycles. The first-order valence-corrected chi connectivity index (χ1v) is 7.61. The monoisotopic (exact) mass is 268 g/mol. The highest BCUT2D eigenvalue weighted by molar-refractivity contribution is 5.85. The van der Waals surface area contributed by atoms with Crippen molar-refractivity contribution in [1.82, 2.24) is 10.2 Å². The maximum atomic E-state index is 12.7. The van der Waals surface area contributed by atoms with Crippen LogP contribution in [0.3, 0.4) is 0 Å². The van der Waals surface area contributed by atoms with Crippen LogP contribution in [0.2, 0.25) is 0 Å². The van der Waals surface area contributed by atoms with Gasteiger partial charge < -0.3 is 9.64 Å². The fourth-order valence-electron chi connectivity index (χ4n) is 3.26. The number of ether oxygens (including phenoxy) is 1. The molecule has 0 spiro atoms. The van der Waals surface area contributed by atoms with E-state index in [1.807, 2.05) is 0 Å². The van der Waals surface area contributed by atoms with Gasteiger partial charge in [0.25, 0.3) is 0 Å². The second-order valence-corrected chi connectivity index (χ2v) is 6.71. The van der Waals surface area contributed by atoms with Crippen molar-refractivity contribution in [3.05, 3.63) is 0 Å². The van der Waals surface area contributed by atoms with E-state index in [2.05, 4.69) is 44.8 Å². The molecule has 2 fully saturated rings. The van der Waals surface area contributed by atoms with Crippen LogP contribution in [-0.4, -0.2) is 41.8 Å². The topological polar surface area (TPSA) is 41.6 Å². The molecule has 2 heterocycles. The zero-order valence-electron chi connectivity index (χ0n) is 12.8. The number of amides is 1. The van der Waals surface area contributed by atoms with E-state index in [1.165, 1.54) is 0 Å². The Morgan fingerprint density at radius 2 is 2.05 bits per heavy atom. The molecule has 2 aliphatic rings. The number of rotatable bonds is 4. The largest absolute Gasteiger partial charge is 0.376 e. The van der Waals surface area contributed by atoms with Gasteiger partial charge in [-0.1, -0.05) is 27.7 Å². The number of nitrogens with zero attached hydrogens (tertiary/aromatic N) is 1. The van der Waals surface area contributed by atoms with E-state index in [1.54, 1.807) is 0 Å². The van der Waals surface area contributed by atoms with Crippen LogP contribution in [0.1, 0.15) is 47.5 Å². The lowest BCUT2D eigenvalue weighted by Gasteiger charge is -2.32. The normalized spacial score (nSPS) is 35.9. The zero-order valence-corrected chi connectivity index (χ0v) is 12.8. The maximum absolute atomic E-state index is 12.7. The van der Waals surface area contributed by atoms with Crippen molar-refractivity contribution in [3.63, 3.8) is 0 Å². The lowest BCUT2D eigenvalue weighted by atomic mass is 10.0. The summed E-state index contributed by atoms with van der Waals surface area (Å²) in [6, 6.07) is 0.212. The number of carbonyl (C=O) groups excluding carboxylic acids is 1. The SMILES string of the molecule is CC(C)CC1NC(C(C)C)C(=O)N1C1CCOC1C. The van der Waals surface area contributed by atoms with Crippen molar-refractivity contribution in [2.75, 3.05) is 6.61 Å². The van der Waals surface area contributed by atoms with Gasteiger partial charge in [0.1, 0.15) is 0 Å². The van der Waals surface area contributed by atoms with Crippen LogP contribution >= 0.6 is 0 Å². The fraction of sp³-hybridized carbons (Fsp3) is 0.933. The lowest BCUT2D eigenvalue weighted by molar-refractivity contribution is -0.134. The van der Waals surface area contributed by atoms with E-state index in [-0.39, 0.29) is 30.3 Å². The van der Waals surface area contributed by atoms with Crippen molar-refractivity contribution in [2.45, 2.75) is 71.8 Å². The van der Waals surface area contributed by atoms with Crippen LogP contribution in [-0.2, 0) is 9.53 Å². The van der Waals surface area contributed by atoms with Crippen molar-refractivity contribution >= 4 is 5.91 Å². The minimum Gasteiger partial charge on any atom is -0.376 e. The van der Waals surface area contributed by atoms with Gasteiger partial charge in [-0.05, 0) is 31.6 Å². The van der Waals surface area contributed by atoms with Crippen molar-refractivity contribution < 1.29 is 9.53 Å². The average molecular weight is 268 g/mol. The van der Waals surface area contributed by atoms with Gasteiger partial charge in [-0.25, -0.2) is 0 Å². The van der Waals surface area contributed by atoms with E-state index in [0.29, 0.717) is 11.8 Å². The Balaban J connectivity index is 2.17. The molecule has 4 heteroatoms. The predicted molar refractivity (Wildman–Crippen MR) is 75.7 cm³/mol. The first-order valence-electron chi connectivity index (χ1n) is 7.61. The highest BCUT2D eigenvalue weighted by Crippen LogP contribution is 2.29. The van der Waals surface area contributed by atoms with Crippen LogP contribution in [0.5, 0.6) is 0 Å². The van der Waals surface area contributed by atoms with Gasteiger partial charge in [0.15, 0.2) is 0 Å². The number of hydrogen-bond donors (Lipinski definition) is 1. The lowest BCUT2D eigenvalue weighted by Crippen LogP contribution is -2.48. The number of hydrogen-bond acceptors (Lipinski definition) is 3. The Hall–Kier alpha value is -0.610. The third kappa shape index (κ3) is 2.95. The quantitative estimate of drug-likeness (QED) is 0.848. The van der Waals surface area contributed by atoms with E-state index < -0.39 is 0 Å². The van der Waals surface area contributed by atoms with Gasteiger partial charge in [-0.15, -0.1) is 0 Å². The van der Waals surface area contributed by atoms with Gasteiger partial charge in [-0.2, -0.15) is 0 Å². The number of carbonyl (C=O) groups is 1. The fourth-order valence-corrected chi connectivity index (χ4v) is 3.26. The van der Waals surface area contributed by atoms with Crippen LogP contribution in [0.4, 0.5) is 0 Å². The summed E-state index contributed by atoms with van der Waals surface area (Å²) < 4.78 is 5.65. The van der Waals surface area contributed by atoms with Crippen LogP contribution in [0.15, 0.2) is 0 Å². The molecule has 110 valence electrons. The first kappa shape index (κ1) is 14.8. The zero-order chi connectivity index (χ0) is 14.2. The first-order chi connectivity index (χ1) is 8.91. The maximum Gasteiger partial charge on any atom is 0.241 e. The Kier molecular flexibility index (Phi) is 4.51. The molecule has 4 atom stereocenters. The summed E-state index contributed by atoms with van der Waals surface area (Å²) >= 11 is 0. The summed E-state index contributed by atoms with van der Waals surface area (Å²) in [4.78, 5) is 14.8. The van der Waals surface area contributed by atoms with Crippen LogP contribution < -0.4 is 5.32 Å². The summed E-state index contributed by atoms with van der Waals surface area (Å²) in [5.41, 5.74) is 0. The summed E-state index contributed by atoms with van der Waals surface area (Å²) in [6.07, 6.45) is 2.31. The molecule has 4 nitrogen and oxygen atoms in total. The molecule has 19 heavy (non-hydrogen) atoms. The van der Waals surface area contributed by atoms with Gasteiger partial charge in [-0.3, -0.25) is 10.1 Å². The Bertz CT molecular complexity index is 330. The van der Waals surface area contributed by atoms with Gasteiger partial charge >= 0.3 is 0 Å².